The molecule has 3 nitrogen and oxygen atoms in total. The van der Waals surface area contributed by atoms with Crippen molar-refractivity contribution in [1.29, 1.82) is 0 Å². The smallest absolute Gasteiger partial charge is 0.323 e. The van der Waals surface area contributed by atoms with Crippen LogP contribution >= 0.6 is 0 Å². The molecule has 0 aliphatic carbocycles. The summed E-state index contributed by atoms with van der Waals surface area (Å²) in [5.41, 5.74) is -0.678. The van der Waals surface area contributed by atoms with E-state index in [2.05, 4.69) is 18.7 Å². The zero-order chi connectivity index (χ0) is 11.6. The van der Waals surface area contributed by atoms with Crippen LogP contribution in [0.3, 0.4) is 0 Å². The van der Waals surface area contributed by atoms with E-state index < -0.39 is 11.5 Å². The second kappa shape index (κ2) is 4.52. The summed E-state index contributed by atoms with van der Waals surface area (Å²) in [6, 6.07) is 0. The average Bonchev–Trinajstić information content (AvgIpc) is 2.14. The van der Waals surface area contributed by atoms with Gasteiger partial charge in [-0.1, -0.05) is 20.8 Å². The molecule has 0 aromatic rings. The number of hydrogen-bond donors (Lipinski definition) is 1. The molecule has 1 heterocycles. The highest BCUT2D eigenvalue weighted by Crippen LogP contribution is 2.29. The Bertz CT molecular complexity index is 232. The van der Waals surface area contributed by atoms with Gasteiger partial charge in [0.1, 0.15) is 5.54 Å². The van der Waals surface area contributed by atoms with Crippen LogP contribution in [0.25, 0.3) is 0 Å². The van der Waals surface area contributed by atoms with E-state index in [1.165, 1.54) is 6.42 Å². The fourth-order valence-electron chi connectivity index (χ4n) is 2.58. The molecule has 88 valence electrons. The maximum absolute atomic E-state index is 11.3. The van der Waals surface area contributed by atoms with Crippen LogP contribution in [0.1, 0.15) is 40.5 Å². The van der Waals surface area contributed by atoms with Crippen molar-refractivity contribution in [1.82, 2.24) is 4.90 Å². The summed E-state index contributed by atoms with van der Waals surface area (Å²) in [4.78, 5) is 13.5. The fourth-order valence-corrected chi connectivity index (χ4v) is 2.58. The Morgan fingerprint density at radius 1 is 1.40 bits per heavy atom. The van der Waals surface area contributed by atoms with Crippen LogP contribution in [0.2, 0.25) is 0 Å². The predicted molar refractivity (Wildman–Crippen MR) is 60.8 cm³/mol. The fraction of sp³-hybridized carbons (Fsp3) is 0.917. The van der Waals surface area contributed by atoms with E-state index in [0.29, 0.717) is 18.3 Å². The van der Waals surface area contributed by atoms with Crippen LogP contribution in [-0.2, 0) is 4.79 Å². The van der Waals surface area contributed by atoms with Crippen molar-refractivity contribution in [3.63, 3.8) is 0 Å². The topological polar surface area (TPSA) is 40.5 Å². The van der Waals surface area contributed by atoms with Crippen molar-refractivity contribution < 1.29 is 9.90 Å². The van der Waals surface area contributed by atoms with E-state index >= 15 is 0 Å². The van der Waals surface area contributed by atoms with E-state index in [0.717, 1.165) is 13.1 Å². The molecule has 1 aliphatic heterocycles. The van der Waals surface area contributed by atoms with Gasteiger partial charge in [-0.2, -0.15) is 0 Å². The summed E-state index contributed by atoms with van der Waals surface area (Å²) in [7, 11) is 0. The first-order valence-electron chi connectivity index (χ1n) is 5.88. The molecular formula is C12H23NO2. The molecule has 0 saturated carbocycles. The zero-order valence-electron chi connectivity index (χ0n) is 10.3. The molecule has 1 N–H and O–H groups in total. The molecule has 0 aromatic heterocycles. The van der Waals surface area contributed by atoms with Crippen molar-refractivity contribution in [2.45, 2.75) is 46.1 Å². The van der Waals surface area contributed by atoms with Gasteiger partial charge < -0.3 is 5.11 Å². The zero-order valence-corrected chi connectivity index (χ0v) is 10.3. The first kappa shape index (κ1) is 12.5. The summed E-state index contributed by atoms with van der Waals surface area (Å²) < 4.78 is 0. The normalized spacial score (nSPS) is 32.3. The van der Waals surface area contributed by atoms with Gasteiger partial charge in [-0.3, -0.25) is 9.69 Å². The minimum atomic E-state index is -0.689. The number of rotatable bonds is 3. The maximum atomic E-state index is 11.3. The highest BCUT2D eigenvalue weighted by Gasteiger charge is 2.40. The monoisotopic (exact) mass is 213 g/mol. The highest BCUT2D eigenvalue weighted by atomic mass is 16.4. The van der Waals surface area contributed by atoms with Gasteiger partial charge in [-0.15, -0.1) is 0 Å². The lowest BCUT2D eigenvalue weighted by Gasteiger charge is -2.44. The standard InChI is InChI=1S/C12H23NO2/c1-5-12(4,11(14)15)13-7-9(2)6-10(3)8-13/h9-10H,5-8H2,1-4H3,(H,14,15)/t9-,10+,12-/m0/s1. The van der Waals surface area contributed by atoms with Crippen molar-refractivity contribution in [3.8, 4) is 0 Å². The lowest BCUT2D eigenvalue weighted by molar-refractivity contribution is -0.152. The molecule has 0 amide bonds. The molecule has 1 aliphatic rings. The number of piperidine rings is 1. The number of carboxylic acids is 1. The van der Waals surface area contributed by atoms with Crippen LogP contribution < -0.4 is 0 Å². The Labute approximate surface area is 92.5 Å². The lowest BCUT2D eigenvalue weighted by Crippen LogP contribution is -2.56. The summed E-state index contributed by atoms with van der Waals surface area (Å²) in [5.74, 6) is 0.532. The lowest BCUT2D eigenvalue weighted by atomic mass is 9.86. The maximum Gasteiger partial charge on any atom is 0.323 e. The summed E-state index contributed by atoms with van der Waals surface area (Å²) in [5, 5.41) is 9.32. The minimum absolute atomic E-state index is 0.610. The van der Waals surface area contributed by atoms with Crippen molar-refractivity contribution >= 4 is 5.97 Å². The quantitative estimate of drug-likeness (QED) is 0.781. The molecule has 3 heteroatoms. The molecule has 0 radical (unpaired) electrons. The number of likely N-dealkylation sites (tertiary alicyclic amines) is 1. The van der Waals surface area contributed by atoms with Crippen LogP contribution in [0.15, 0.2) is 0 Å². The summed E-state index contributed by atoms with van der Waals surface area (Å²) in [6.07, 6.45) is 1.89. The third-order valence-electron chi connectivity index (χ3n) is 3.72. The van der Waals surface area contributed by atoms with Gasteiger partial charge in [0, 0.05) is 13.1 Å². The Morgan fingerprint density at radius 3 is 2.20 bits per heavy atom. The van der Waals surface area contributed by atoms with Crippen LogP contribution in [0.4, 0.5) is 0 Å². The second-order valence-electron chi connectivity index (χ2n) is 5.28. The van der Waals surface area contributed by atoms with Gasteiger partial charge >= 0.3 is 5.97 Å². The Kier molecular flexibility index (Phi) is 3.77. The summed E-state index contributed by atoms with van der Waals surface area (Å²) in [6.45, 7) is 10.1. The Morgan fingerprint density at radius 2 is 1.87 bits per heavy atom. The molecule has 0 spiro atoms. The third kappa shape index (κ3) is 2.51. The van der Waals surface area contributed by atoms with Crippen LogP contribution in [0.5, 0.6) is 0 Å². The average molecular weight is 213 g/mol. The first-order chi connectivity index (χ1) is 6.90. The van der Waals surface area contributed by atoms with Gasteiger partial charge in [0.2, 0.25) is 0 Å². The largest absolute Gasteiger partial charge is 0.480 e. The van der Waals surface area contributed by atoms with Crippen molar-refractivity contribution in [2.24, 2.45) is 11.8 Å². The second-order valence-corrected chi connectivity index (χ2v) is 5.28. The number of carbonyl (C=O) groups is 1. The van der Waals surface area contributed by atoms with Crippen LogP contribution in [0, 0.1) is 11.8 Å². The first-order valence-corrected chi connectivity index (χ1v) is 5.88. The minimum Gasteiger partial charge on any atom is -0.480 e. The van der Waals surface area contributed by atoms with Crippen molar-refractivity contribution in [3.05, 3.63) is 0 Å². The van der Waals surface area contributed by atoms with Gasteiger partial charge in [0.15, 0.2) is 0 Å². The molecule has 0 aromatic carbocycles. The Hall–Kier alpha value is -0.570. The van der Waals surface area contributed by atoms with Gasteiger partial charge in [-0.05, 0) is 31.6 Å². The van der Waals surface area contributed by atoms with E-state index in [9.17, 15) is 9.90 Å². The predicted octanol–water partition coefficient (Wildman–Crippen LogP) is 2.22. The molecule has 1 fully saturated rings. The molecule has 3 atom stereocenters. The number of carboxylic acid groups (broad SMARTS) is 1. The molecular weight excluding hydrogens is 190 g/mol. The molecule has 1 rings (SSSR count). The summed E-state index contributed by atoms with van der Waals surface area (Å²) >= 11 is 0. The Balaban J connectivity index is 2.80. The van der Waals surface area contributed by atoms with Gasteiger partial charge in [-0.25, -0.2) is 0 Å². The van der Waals surface area contributed by atoms with E-state index in [1.54, 1.807) is 0 Å². The number of aliphatic carboxylic acids is 1. The third-order valence-corrected chi connectivity index (χ3v) is 3.72. The van der Waals surface area contributed by atoms with E-state index in [1.807, 2.05) is 13.8 Å². The van der Waals surface area contributed by atoms with Gasteiger partial charge in [0.25, 0.3) is 0 Å². The molecule has 15 heavy (non-hydrogen) atoms. The van der Waals surface area contributed by atoms with Crippen LogP contribution in [-0.4, -0.2) is 34.6 Å². The molecule has 1 saturated heterocycles. The SMILES string of the molecule is CC[C@@](C)(C(=O)O)N1C[C@H](C)C[C@H](C)C1. The molecule has 0 bridgehead atoms. The number of nitrogens with zero attached hydrogens (tertiary/aromatic N) is 1. The highest BCUT2D eigenvalue weighted by molar-refractivity contribution is 5.78. The molecule has 0 unspecified atom stereocenters. The van der Waals surface area contributed by atoms with E-state index in [-0.39, 0.29) is 0 Å². The number of hydrogen-bond acceptors (Lipinski definition) is 2. The van der Waals surface area contributed by atoms with E-state index in [4.69, 9.17) is 0 Å². The van der Waals surface area contributed by atoms with Gasteiger partial charge in [0.05, 0.1) is 0 Å². The van der Waals surface area contributed by atoms with Crippen molar-refractivity contribution in [2.75, 3.05) is 13.1 Å².